The smallest absolute Gasteiger partial charge is 0.227 e. The van der Waals surface area contributed by atoms with E-state index >= 15 is 0 Å². The summed E-state index contributed by atoms with van der Waals surface area (Å²) < 4.78 is 0. The van der Waals surface area contributed by atoms with Crippen LogP contribution in [0.25, 0.3) is 0 Å². The minimum absolute atomic E-state index is 0. The third-order valence-electron chi connectivity index (χ3n) is 3.72. The first-order valence-electron chi connectivity index (χ1n) is 6.79. The topological polar surface area (TPSA) is 46.3 Å². The zero-order chi connectivity index (χ0) is 14.0. The van der Waals surface area contributed by atoms with Gasteiger partial charge in [0.25, 0.3) is 0 Å². The molecule has 0 spiro atoms. The fraction of sp³-hybridized carbons (Fsp3) is 0.533. The molecule has 1 saturated carbocycles. The highest BCUT2D eigenvalue weighted by Crippen LogP contribution is 2.30. The van der Waals surface area contributed by atoms with Crippen LogP contribution < -0.4 is 5.73 Å². The molecule has 2 atom stereocenters. The first-order valence-corrected chi connectivity index (χ1v) is 7.17. The van der Waals surface area contributed by atoms with Gasteiger partial charge >= 0.3 is 0 Å². The second-order valence-electron chi connectivity index (χ2n) is 5.47. The zero-order valence-corrected chi connectivity index (χ0v) is 13.5. The summed E-state index contributed by atoms with van der Waals surface area (Å²) in [7, 11) is 0. The Kier molecular flexibility index (Phi) is 6.31. The van der Waals surface area contributed by atoms with E-state index in [0.717, 1.165) is 23.4 Å². The Morgan fingerprint density at radius 1 is 1.35 bits per heavy atom. The first kappa shape index (κ1) is 17.3. The molecule has 1 aliphatic rings. The molecule has 3 nitrogen and oxygen atoms in total. The van der Waals surface area contributed by atoms with Crippen molar-refractivity contribution in [1.29, 1.82) is 0 Å². The van der Waals surface area contributed by atoms with Gasteiger partial charge < -0.3 is 10.6 Å². The van der Waals surface area contributed by atoms with Crippen LogP contribution in [0.15, 0.2) is 24.3 Å². The van der Waals surface area contributed by atoms with Gasteiger partial charge in [-0.25, -0.2) is 0 Å². The highest BCUT2D eigenvalue weighted by atomic mass is 35.5. The standard InChI is InChI=1S/C15H21ClN2O.ClH/c1-10(11(2)17)15(19)18(14-7-8-14)9-12-3-5-13(16)6-4-12;/h3-6,10-11,14H,7-9,17H2,1-2H3;1H. The fourth-order valence-corrected chi connectivity index (χ4v) is 2.17. The van der Waals surface area contributed by atoms with Gasteiger partial charge in [0.05, 0.1) is 5.92 Å². The van der Waals surface area contributed by atoms with Crippen LogP contribution in [0.1, 0.15) is 32.3 Å². The van der Waals surface area contributed by atoms with Crippen LogP contribution >= 0.6 is 24.0 Å². The maximum absolute atomic E-state index is 12.5. The molecule has 20 heavy (non-hydrogen) atoms. The number of hydrogen-bond donors (Lipinski definition) is 1. The van der Waals surface area contributed by atoms with Crippen LogP contribution in [0.3, 0.4) is 0 Å². The van der Waals surface area contributed by atoms with Gasteiger partial charge in [0.1, 0.15) is 0 Å². The third kappa shape index (κ3) is 4.37. The zero-order valence-electron chi connectivity index (χ0n) is 11.9. The Balaban J connectivity index is 0.00000200. The highest BCUT2D eigenvalue weighted by Gasteiger charge is 2.35. The molecule has 0 aliphatic heterocycles. The summed E-state index contributed by atoms with van der Waals surface area (Å²) >= 11 is 5.88. The van der Waals surface area contributed by atoms with Crippen molar-refractivity contribution < 1.29 is 4.79 Å². The SMILES string of the molecule is CC(N)C(C)C(=O)N(Cc1ccc(Cl)cc1)C1CC1.Cl. The molecule has 1 aliphatic carbocycles. The van der Waals surface area contributed by atoms with Gasteiger partial charge in [-0.1, -0.05) is 30.7 Å². The van der Waals surface area contributed by atoms with Gasteiger partial charge in [0, 0.05) is 23.7 Å². The third-order valence-corrected chi connectivity index (χ3v) is 3.97. The molecule has 1 aromatic rings. The maximum Gasteiger partial charge on any atom is 0.227 e. The lowest BCUT2D eigenvalue weighted by atomic mass is 10.0. The van der Waals surface area contributed by atoms with E-state index in [1.165, 1.54) is 0 Å². The van der Waals surface area contributed by atoms with Crippen LogP contribution in [0.2, 0.25) is 5.02 Å². The molecule has 0 heterocycles. The lowest BCUT2D eigenvalue weighted by Gasteiger charge is -2.27. The number of hydrogen-bond acceptors (Lipinski definition) is 2. The molecule has 0 radical (unpaired) electrons. The second-order valence-corrected chi connectivity index (χ2v) is 5.91. The number of rotatable bonds is 5. The molecule has 2 rings (SSSR count). The molecule has 112 valence electrons. The van der Waals surface area contributed by atoms with Crippen molar-refractivity contribution in [3.63, 3.8) is 0 Å². The van der Waals surface area contributed by atoms with Crippen LogP contribution in [-0.2, 0) is 11.3 Å². The van der Waals surface area contributed by atoms with Crippen LogP contribution in [0.4, 0.5) is 0 Å². The van der Waals surface area contributed by atoms with E-state index in [4.69, 9.17) is 17.3 Å². The van der Waals surface area contributed by atoms with Crippen LogP contribution in [0, 0.1) is 5.92 Å². The Bertz CT molecular complexity index is 444. The molecule has 5 heteroatoms. The maximum atomic E-state index is 12.5. The number of nitrogens with zero attached hydrogens (tertiary/aromatic N) is 1. The molecule has 1 fully saturated rings. The van der Waals surface area contributed by atoms with Crippen molar-refractivity contribution >= 4 is 29.9 Å². The van der Waals surface area contributed by atoms with E-state index in [0.29, 0.717) is 12.6 Å². The van der Waals surface area contributed by atoms with E-state index < -0.39 is 0 Å². The van der Waals surface area contributed by atoms with Crippen molar-refractivity contribution in [2.75, 3.05) is 0 Å². The van der Waals surface area contributed by atoms with E-state index in [2.05, 4.69) is 0 Å². The average Bonchev–Trinajstić information content (AvgIpc) is 3.20. The van der Waals surface area contributed by atoms with Crippen molar-refractivity contribution in [2.24, 2.45) is 11.7 Å². The number of carbonyl (C=O) groups is 1. The normalized spacial score (nSPS) is 17.0. The predicted octanol–water partition coefficient (Wildman–Crippen LogP) is 3.24. The number of benzene rings is 1. The summed E-state index contributed by atoms with van der Waals surface area (Å²) in [5.74, 6) is 0.0281. The minimum Gasteiger partial charge on any atom is -0.335 e. The summed E-state index contributed by atoms with van der Waals surface area (Å²) in [6.45, 7) is 4.44. The van der Waals surface area contributed by atoms with Crippen molar-refractivity contribution in [3.05, 3.63) is 34.9 Å². The van der Waals surface area contributed by atoms with E-state index in [9.17, 15) is 4.79 Å². The van der Waals surface area contributed by atoms with Gasteiger partial charge in [-0.05, 0) is 37.5 Å². The number of amides is 1. The first-order chi connectivity index (χ1) is 8.99. The van der Waals surface area contributed by atoms with Gasteiger partial charge in [-0.2, -0.15) is 0 Å². The summed E-state index contributed by atoms with van der Waals surface area (Å²) in [5.41, 5.74) is 6.96. The predicted molar refractivity (Wildman–Crippen MR) is 85.1 cm³/mol. The molecule has 2 N–H and O–H groups in total. The van der Waals surface area contributed by atoms with Gasteiger partial charge in [-0.3, -0.25) is 4.79 Å². The summed E-state index contributed by atoms with van der Waals surface area (Å²) in [4.78, 5) is 14.4. The van der Waals surface area contributed by atoms with Crippen molar-refractivity contribution in [1.82, 2.24) is 4.90 Å². The average molecular weight is 317 g/mol. The molecule has 0 aromatic heterocycles. The van der Waals surface area contributed by atoms with Gasteiger partial charge in [0.15, 0.2) is 0 Å². The molecular formula is C15H22Cl2N2O. The lowest BCUT2D eigenvalue weighted by molar-refractivity contribution is -0.136. The molecule has 1 amide bonds. The molecular weight excluding hydrogens is 295 g/mol. The van der Waals surface area contributed by atoms with E-state index in [1.54, 1.807) is 0 Å². The minimum atomic E-state index is -0.132. The van der Waals surface area contributed by atoms with Crippen LogP contribution in [-0.4, -0.2) is 22.9 Å². The Morgan fingerprint density at radius 2 is 1.90 bits per heavy atom. The second kappa shape index (κ2) is 7.30. The van der Waals surface area contributed by atoms with E-state index in [-0.39, 0.29) is 30.3 Å². The van der Waals surface area contributed by atoms with Crippen molar-refractivity contribution in [2.45, 2.75) is 45.3 Å². The number of nitrogens with two attached hydrogens (primary N) is 1. The fourth-order valence-electron chi connectivity index (χ4n) is 2.05. The quantitative estimate of drug-likeness (QED) is 0.906. The molecule has 1 aromatic carbocycles. The van der Waals surface area contributed by atoms with Gasteiger partial charge in [0.2, 0.25) is 5.91 Å². The Morgan fingerprint density at radius 3 is 2.35 bits per heavy atom. The molecule has 0 saturated heterocycles. The number of carbonyl (C=O) groups excluding carboxylic acids is 1. The lowest BCUT2D eigenvalue weighted by Crippen LogP contribution is -2.42. The Labute approximate surface area is 131 Å². The summed E-state index contributed by atoms with van der Waals surface area (Å²) in [6.07, 6.45) is 2.20. The Hall–Kier alpha value is -0.770. The molecule has 0 bridgehead atoms. The monoisotopic (exact) mass is 316 g/mol. The van der Waals surface area contributed by atoms with Crippen LogP contribution in [0.5, 0.6) is 0 Å². The largest absolute Gasteiger partial charge is 0.335 e. The number of halogens is 2. The van der Waals surface area contributed by atoms with Crippen molar-refractivity contribution in [3.8, 4) is 0 Å². The molecule has 2 unspecified atom stereocenters. The highest BCUT2D eigenvalue weighted by molar-refractivity contribution is 6.30. The van der Waals surface area contributed by atoms with E-state index in [1.807, 2.05) is 43.0 Å². The summed E-state index contributed by atoms with van der Waals surface area (Å²) in [5, 5.41) is 0.719. The summed E-state index contributed by atoms with van der Waals surface area (Å²) in [6, 6.07) is 7.95. The van der Waals surface area contributed by atoms with Gasteiger partial charge in [-0.15, -0.1) is 12.4 Å².